The van der Waals surface area contributed by atoms with Crippen LogP contribution in [0.3, 0.4) is 0 Å². The lowest BCUT2D eigenvalue weighted by Crippen LogP contribution is -2.42. The van der Waals surface area contributed by atoms with Gasteiger partial charge in [-0.1, -0.05) is 13.8 Å². The molecule has 3 heteroatoms. The molecule has 1 fully saturated rings. The third-order valence-electron chi connectivity index (χ3n) is 3.39. The van der Waals surface area contributed by atoms with Crippen LogP contribution in [0.15, 0.2) is 0 Å². The van der Waals surface area contributed by atoms with Crippen molar-refractivity contribution in [3.8, 4) is 0 Å². The third kappa shape index (κ3) is 4.81. The highest BCUT2D eigenvalue weighted by atomic mass is 16.5. The van der Waals surface area contributed by atoms with Crippen LogP contribution in [0.4, 0.5) is 0 Å². The molecule has 0 amide bonds. The first-order valence-electron chi connectivity index (χ1n) is 6.66. The Kier molecular flexibility index (Phi) is 6.32. The van der Waals surface area contributed by atoms with Gasteiger partial charge in [-0.25, -0.2) is 0 Å². The smallest absolute Gasteiger partial charge is 0.0808 e. The summed E-state index contributed by atoms with van der Waals surface area (Å²) in [5.41, 5.74) is -0.0448. The summed E-state index contributed by atoms with van der Waals surface area (Å²) < 4.78 is 11.7. The fourth-order valence-corrected chi connectivity index (χ4v) is 1.90. The van der Waals surface area contributed by atoms with Crippen molar-refractivity contribution in [3.63, 3.8) is 0 Å². The van der Waals surface area contributed by atoms with Gasteiger partial charge in [0.05, 0.1) is 18.3 Å². The van der Waals surface area contributed by atoms with Crippen LogP contribution in [0.5, 0.6) is 0 Å². The number of rotatable bonds is 7. The minimum Gasteiger partial charge on any atom is -0.376 e. The van der Waals surface area contributed by atoms with E-state index >= 15 is 0 Å². The van der Waals surface area contributed by atoms with Gasteiger partial charge in [-0.2, -0.15) is 0 Å². The van der Waals surface area contributed by atoms with Crippen LogP contribution in [-0.4, -0.2) is 38.0 Å². The van der Waals surface area contributed by atoms with Crippen molar-refractivity contribution in [2.24, 2.45) is 0 Å². The number of ether oxygens (including phenoxy) is 2. The molecule has 3 nitrogen and oxygen atoms in total. The molecule has 1 saturated heterocycles. The molecule has 2 atom stereocenters. The molecule has 0 saturated carbocycles. The lowest BCUT2D eigenvalue weighted by Gasteiger charge is -2.32. The summed E-state index contributed by atoms with van der Waals surface area (Å²) in [5, 5.41) is 3.36. The fraction of sp³-hybridized carbons (Fsp3) is 1.00. The third-order valence-corrected chi connectivity index (χ3v) is 3.39. The zero-order chi connectivity index (χ0) is 11.9. The van der Waals surface area contributed by atoms with E-state index in [0.717, 1.165) is 39.1 Å². The van der Waals surface area contributed by atoms with Gasteiger partial charge in [0.15, 0.2) is 0 Å². The SMILES string of the molecule is CCNCC(C)(CC)OCC1CCCCO1. The Balaban J connectivity index is 2.25. The molecular formula is C13H27NO2. The van der Waals surface area contributed by atoms with Gasteiger partial charge < -0.3 is 14.8 Å². The zero-order valence-corrected chi connectivity index (χ0v) is 11.1. The van der Waals surface area contributed by atoms with Crippen LogP contribution >= 0.6 is 0 Å². The number of nitrogens with one attached hydrogen (secondary N) is 1. The van der Waals surface area contributed by atoms with Crippen LogP contribution in [0.2, 0.25) is 0 Å². The zero-order valence-electron chi connectivity index (χ0n) is 11.1. The number of hydrogen-bond donors (Lipinski definition) is 1. The van der Waals surface area contributed by atoms with Crippen molar-refractivity contribution < 1.29 is 9.47 Å². The van der Waals surface area contributed by atoms with Crippen molar-refractivity contribution in [1.29, 1.82) is 0 Å². The van der Waals surface area contributed by atoms with Crippen molar-refractivity contribution in [2.75, 3.05) is 26.3 Å². The Labute approximate surface area is 99.9 Å². The summed E-state index contributed by atoms with van der Waals surface area (Å²) in [7, 11) is 0. The van der Waals surface area contributed by atoms with E-state index in [1.165, 1.54) is 12.8 Å². The summed E-state index contributed by atoms with van der Waals surface area (Å²) in [4.78, 5) is 0. The monoisotopic (exact) mass is 229 g/mol. The maximum absolute atomic E-state index is 6.03. The van der Waals surface area contributed by atoms with Crippen molar-refractivity contribution in [3.05, 3.63) is 0 Å². The van der Waals surface area contributed by atoms with E-state index in [-0.39, 0.29) is 5.60 Å². The van der Waals surface area contributed by atoms with Crippen LogP contribution in [0, 0.1) is 0 Å². The summed E-state index contributed by atoms with van der Waals surface area (Å²) in [5.74, 6) is 0. The molecule has 1 rings (SSSR count). The van der Waals surface area contributed by atoms with Crippen LogP contribution in [-0.2, 0) is 9.47 Å². The molecule has 16 heavy (non-hydrogen) atoms. The molecule has 96 valence electrons. The highest BCUT2D eigenvalue weighted by Crippen LogP contribution is 2.18. The normalized spacial score (nSPS) is 25.3. The molecular weight excluding hydrogens is 202 g/mol. The largest absolute Gasteiger partial charge is 0.376 e. The predicted octanol–water partition coefficient (Wildman–Crippen LogP) is 2.35. The molecule has 1 aliphatic heterocycles. The molecule has 1 heterocycles. The fourth-order valence-electron chi connectivity index (χ4n) is 1.90. The van der Waals surface area contributed by atoms with Crippen molar-refractivity contribution in [1.82, 2.24) is 5.32 Å². The van der Waals surface area contributed by atoms with Gasteiger partial charge in [0.1, 0.15) is 0 Å². The summed E-state index contributed by atoms with van der Waals surface area (Å²) in [6.45, 7) is 10.1. The molecule has 0 aromatic heterocycles. The van der Waals surface area contributed by atoms with Crippen LogP contribution in [0.25, 0.3) is 0 Å². The molecule has 0 aromatic carbocycles. The number of hydrogen-bond acceptors (Lipinski definition) is 3. The molecule has 1 aliphatic rings. The van der Waals surface area contributed by atoms with E-state index in [4.69, 9.17) is 9.47 Å². The highest BCUT2D eigenvalue weighted by Gasteiger charge is 2.24. The summed E-state index contributed by atoms with van der Waals surface area (Å²) in [6, 6.07) is 0. The molecule has 2 unspecified atom stereocenters. The van der Waals surface area contributed by atoms with Crippen molar-refractivity contribution >= 4 is 0 Å². The Morgan fingerprint density at radius 3 is 2.75 bits per heavy atom. The van der Waals surface area contributed by atoms with E-state index in [9.17, 15) is 0 Å². The first-order valence-corrected chi connectivity index (χ1v) is 6.66. The van der Waals surface area contributed by atoms with Gasteiger partial charge >= 0.3 is 0 Å². The van der Waals surface area contributed by atoms with Gasteiger partial charge in [-0.3, -0.25) is 0 Å². The second kappa shape index (κ2) is 7.25. The minimum atomic E-state index is -0.0448. The first kappa shape index (κ1) is 13.9. The summed E-state index contributed by atoms with van der Waals surface area (Å²) in [6.07, 6.45) is 5.00. The molecule has 0 spiro atoms. The maximum Gasteiger partial charge on any atom is 0.0808 e. The highest BCUT2D eigenvalue weighted by molar-refractivity contribution is 4.77. The van der Waals surface area contributed by atoms with Gasteiger partial charge in [-0.05, 0) is 39.2 Å². The average Bonchev–Trinajstić information content (AvgIpc) is 2.35. The minimum absolute atomic E-state index is 0.0448. The quantitative estimate of drug-likeness (QED) is 0.727. The first-order chi connectivity index (χ1) is 7.70. The lowest BCUT2D eigenvalue weighted by atomic mass is 10.0. The lowest BCUT2D eigenvalue weighted by molar-refractivity contribution is -0.100. The molecule has 0 radical (unpaired) electrons. The predicted molar refractivity (Wildman–Crippen MR) is 66.8 cm³/mol. The van der Waals surface area contributed by atoms with E-state index in [2.05, 4.69) is 26.1 Å². The second-order valence-corrected chi connectivity index (χ2v) is 4.88. The van der Waals surface area contributed by atoms with Gasteiger partial charge in [0.25, 0.3) is 0 Å². The second-order valence-electron chi connectivity index (χ2n) is 4.88. The number of likely N-dealkylation sites (N-methyl/N-ethyl adjacent to an activating group) is 1. The Hall–Kier alpha value is -0.120. The van der Waals surface area contributed by atoms with Gasteiger partial charge in [-0.15, -0.1) is 0 Å². The van der Waals surface area contributed by atoms with Crippen LogP contribution < -0.4 is 5.32 Å². The Bertz CT molecular complexity index is 181. The average molecular weight is 229 g/mol. The molecule has 0 bridgehead atoms. The van der Waals surface area contributed by atoms with Crippen LogP contribution in [0.1, 0.15) is 46.5 Å². The topological polar surface area (TPSA) is 30.5 Å². The standard InChI is InChI=1S/C13H27NO2/c1-4-13(3,11-14-5-2)16-10-12-8-6-7-9-15-12/h12,14H,4-11H2,1-3H3. The van der Waals surface area contributed by atoms with E-state index in [1.54, 1.807) is 0 Å². The molecule has 1 N–H and O–H groups in total. The van der Waals surface area contributed by atoms with Crippen molar-refractivity contribution in [2.45, 2.75) is 58.2 Å². The molecule has 0 aromatic rings. The van der Waals surface area contributed by atoms with E-state index in [0.29, 0.717) is 6.10 Å². The van der Waals surface area contributed by atoms with E-state index < -0.39 is 0 Å². The maximum atomic E-state index is 6.03. The molecule has 0 aliphatic carbocycles. The van der Waals surface area contributed by atoms with E-state index in [1.807, 2.05) is 0 Å². The van der Waals surface area contributed by atoms with Gasteiger partial charge in [0, 0.05) is 13.2 Å². The Morgan fingerprint density at radius 2 is 2.19 bits per heavy atom. The Morgan fingerprint density at radius 1 is 1.38 bits per heavy atom. The van der Waals surface area contributed by atoms with Gasteiger partial charge in [0.2, 0.25) is 0 Å². The summed E-state index contributed by atoms with van der Waals surface area (Å²) >= 11 is 0.